The van der Waals surface area contributed by atoms with Gasteiger partial charge in [0.15, 0.2) is 0 Å². The lowest BCUT2D eigenvalue weighted by Crippen LogP contribution is -2.36. The highest BCUT2D eigenvalue weighted by molar-refractivity contribution is 5.99. The fourth-order valence-electron chi connectivity index (χ4n) is 3.77. The van der Waals surface area contributed by atoms with Crippen LogP contribution >= 0.6 is 0 Å². The minimum atomic E-state index is -0.348. The molecule has 1 aliphatic rings. The van der Waals surface area contributed by atoms with Gasteiger partial charge < -0.3 is 25.1 Å². The van der Waals surface area contributed by atoms with Crippen molar-refractivity contribution in [3.63, 3.8) is 0 Å². The number of ether oxygens (including phenoxy) is 1. The SMILES string of the molecule is CCCC(C=O)N1Cc2cc(C#CCCNCCCCOCCCCNC=O)ccc2C1=O. The molecule has 0 saturated carbocycles. The van der Waals surface area contributed by atoms with Crippen molar-refractivity contribution in [2.45, 2.75) is 64.5 Å². The first-order chi connectivity index (χ1) is 16.2. The largest absolute Gasteiger partial charge is 0.381 e. The Labute approximate surface area is 197 Å². The monoisotopic (exact) mass is 455 g/mol. The molecule has 0 aliphatic carbocycles. The van der Waals surface area contributed by atoms with E-state index in [9.17, 15) is 14.4 Å². The van der Waals surface area contributed by atoms with Crippen molar-refractivity contribution in [3.05, 3.63) is 34.9 Å². The van der Waals surface area contributed by atoms with Gasteiger partial charge >= 0.3 is 0 Å². The van der Waals surface area contributed by atoms with Gasteiger partial charge in [0.25, 0.3) is 5.91 Å². The Morgan fingerprint density at radius 2 is 1.91 bits per heavy atom. The number of fused-ring (bicyclic) bond motifs is 1. The third kappa shape index (κ3) is 9.37. The van der Waals surface area contributed by atoms with Gasteiger partial charge in [-0.25, -0.2) is 0 Å². The summed E-state index contributed by atoms with van der Waals surface area (Å²) in [5.41, 5.74) is 2.54. The maximum atomic E-state index is 12.6. The molecule has 33 heavy (non-hydrogen) atoms. The van der Waals surface area contributed by atoms with Crippen LogP contribution in [0.15, 0.2) is 18.2 Å². The highest BCUT2D eigenvalue weighted by Crippen LogP contribution is 2.26. The molecule has 2 rings (SSSR count). The average Bonchev–Trinajstić information content (AvgIpc) is 3.15. The number of amides is 2. The minimum Gasteiger partial charge on any atom is -0.381 e. The third-order valence-corrected chi connectivity index (χ3v) is 5.57. The van der Waals surface area contributed by atoms with E-state index < -0.39 is 0 Å². The van der Waals surface area contributed by atoms with Gasteiger partial charge in [-0.15, -0.1) is 0 Å². The molecular formula is C26H37N3O4. The van der Waals surface area contributed by atoms with Gasteiger partial charge in [-0.05, 0) is 62.4 Å². The van der Waals surface area contributed by atoms with Gasteiger partial charge in [-0.2, -0.15) is 0 Å². The van der Waals surface area contributed by atoms with Gasteiger partial charge in [0.2, 0.25) is 6.41 Å². The van der Waals surface area contributed by atoms with Crippen LogP contribution in [-0.2, 0) is 20.9 Å². The molecule has 0 aromatic heterocycles. The first kappa shape index (κ1) is 26.6. The lowest BCUT2D eigenvalue weighted by Gasteiger charge is -2.22. The minimum absolute atomic E-state index is 0.0587. The van der Waals surface area contributed by atoms with Crippen LogP contribution in [0.2, 0.25) is 0 Å². The smallest absolute Gasteiger partial charge is 0.255 e. The summed E-state index contributed by atoms with van der Waals surface area (Å²) in [5.74, 6) is 6.31. The predicted molar refractivity (Wildman–Crippen MR) is 129 cm³/mol. The molecule has 7 heteroatoms. The van der Waals surface area contributed by atoms with E-state index in [1.807, 2.05) is 25.1 Å². The standard InChI is InChI=1S/C26H37N3O4/c1-2-9-24(20-30)29-19-23-18-22(11-12-25(23)26(29)32)10-3-4-13-27-14-5-7-16-33-17-8-6-15-28-21-31/h11-12,18,20-21,24,27H,2,4-9,13-17,19H2,1H3,(H,28,31). The Balaban J connectivity index is 1.59. The second-order valence-electron chi connectivity index (χ2n) is 8.20. The van der Waals surface area contributed by atoms with Crippen molar-refractivity contribution < 1.29 is 19.1 Å². The van der Waals surface area contributed by atoms with Gasteiger partial charge in [-0.1, -0.05) is 25.2 Å². The molecule has 1 aromatic rings. The molecule has 0 spiro atoms. The molecule has 0 saturated heterocycles. The summed E-state index contributed by atoms with van der Waals surface area (Å²) in [7, 11) is 0. The van der Waals surface area contributed by atoms with E-state index in [1.54, 1.807) is 4.90 Å². The van der Waals surface area contributed by atoms with E-state index in [2.05, 4.69) is 22.5 Å². The van der Waals surface area contributed by atoms with Crippen molar-refractivity contribution >= 4 is 18.6 Å². The molecule has 0 bridgehead atoms. The number of aldehydes is 1. The fourth-order valence-corrected chi connectivity index (χ4v) is 3.77. The fraction of sp³-hybridized carbons (Fsp3) is 0.577. The summed E-state index contributed by atoms with van der Waals surface area (Å²) in [6.07, 6.45) is 7.93. The van der Waals surface area contributed by atoms with Crippen molar-refractivity contribution in [2.24, 2.45) is 0 Å². The summed E-state index contributed by atoms with van der Waals surface area (Å²) in [4.78, 5) is 35.7. The zero-order chi connectivity index (χ0) is 23.7. The van der Waals surface area contributed by atoms with E-state index in [0.717, 1.165) is 88.7 Å². The molecule has 0 fully saturated rings. The Bertz CT molecular complexity index is 815. The average molecular weight is 456 g/mol. The highest BCUT2D eigenvalue weighted by Gasteiger charge is 2.32. The van der Waals surface area contributed by atoms with Gasteiger partial charge in [0.1, 0.15) is 6.29 Å². The topological polar surface area (TPSA) is 87.7 Å². The van der Waals surface area contributed by atoms with E-state index in [1.165, 1.54) is 0 Å². The number of nitrogens with zero attached hydrogens (tertiary/aromatic N) is 1. The molecule has 180 valence electrons. The molecule has 7 nitrogen and oxygen atoms in total. The number of hydrogen-bond acceptors (Lipinski definition) is 5. The van der Waals surface area contributed by atoms with E-state index in [-0.39, 0.29) is 11.9 Å². The van der Waals surface area contributed by atoms with Crippen molar-refractivity contribution in [2.75, 3.05) is 32.8 Å². The molecular weight excluding hydrogens is 418 g/mol. The summed E-state index contributed by atoms with van der Waals surface area (Å²) >= 11 is 0. The molecule has 1 atom stereocenters. The van der Waals surface area contributed by atoms with Crippen LogP contribution in [0.5, 0.6) is 0 Å². The number of hydrogen-bond donors (Lipinski definition) is 2. The molecule has 2 N–H and O–H groups in total. The van der Waals surface area contributed by atoms with Crippen LogP contribution in [0.1, 0.15) is 73.4 Å². The van der Waals surface area contributed by atoms with Crippen LogP contribution in [0.3, 0.4) is 0 Å². The summed E-state index contributed by atoms with van der Waals surface area (Å²) in [5, 5.41) is 6.04. The molecule has 2 amide bonds. The summed E-state index contributed by atoms with van der Waals surface area (Å²) in [6, 6.07) is 5.34. The van der Waals surface area contributed by atoms with Crippen molar-refractivity contribution in [1.82, 2.24) is 15.5 Å². The lowest BCUT2D eigenvalue weighted by molar-refractivity contribution is -0.112. The molecule has 0 radical (unpaired) electrons. The van der Waals surface area contributed by atoms with E-state index in [4.69, 9.17) is 4.74 Å². The Kier molecular flexibility index (Phi) is 12.9. The number of unbranched alkanes of at least 4 members (excludes halogenated alkanes) is 2. The second-order valence-corrected chi connectivity index (χ2v) is 8.20. The van der Waals surface area contributed by atoms with E-state index >= 15 is 0 Å². The maximum absolute atomic E-state index is 12.6. The van der Waals surface area contributed by atoms with Crippen LogP contribution in [0.4, 0.5) is 0 Å². The summed E-state index contributed by atoms with van der Waals surface area (Å²) < 4.78 is 5.58. The van der Waals surface area contributed by atoms with Gasteiger partial charge in [-0.3, -0.25) is 9.59 Å². The summed E-state index contributed by atoms with van der Waals surface area (Å²) in [6.45, 7) is 6.51. The third-order valence-electron chi connectivity index (χ3n) is 5.57. The molecule has 1 aliphatic heterocycles. The first-order valence-corrected chi connectivity index (χ1v) is 12.0. The Hall–Kier alpha value is -2.69. The Morgan fingerprint density at radius 3 is 2.64 bits per heavy atom. The first-order valence-electron chi connectivity index (χ1n) is 12.0. The normalized spacial score (nSPS) is 13.2. The van der Waals surface area contributed by atoms with Crippen LogP contribution in [0.25, 0.3) is 0 Å². The van der Waals surface area contributed by atoms with Gasteiger partial charge in [0.05, 0.1) is 6.04 Å². The Morgan fingerprint density at radius 1 is 1.12 bits per heavy atom. The molecule has 1 aromatic carbocycles. The van der Waals surface area contributed by atoms with Crippen molar-refractivity contribution in [1.29, 1.82) is 0 Å². The highest BCUT2D eigenvalue weighted by atomic mass is 16.5. The number of carbonyl (C=O) groups excluding carboxylic acids is 3. The van der Waals surface area contributed by atoms with Crippen LogP contribution in [-0.4, -0.2) is 62.4 Å². The van der Waals surface area contributed by atoms with Crippen LogP contribution in [0, 0.1) is 11.8 Å². The maximum Gasteiger partial charge on any atom is 0.255 e. The number of carbonyl (C=O) groups is 3. The zero-order valence-corrected chi connectivity index (χ0v) is 19.7. The number of nitrogens with one attached hydrogen (secondary N) is 2. The number of benzene rings is 1. The lowest BCUT2D eigenvalue weighted by atomic mass is 10.1. The van der Waals surface area contributed by atoms with Gasteiger partial charge in [0, 0.05) is 50.4 Å². The number of rotatable bonds is 17. The molecule has 1 heterocycles. The predicted octanol–water partition coefficient (Wildman–Crippen LogP) is 2.66. The quantitative estimate of drug-likeness (QED) is 0.214. The van der Waals surface area contributed by atoms with Crippen LogP contribution < -0.4 is 10.6 Å². The second kappa shape index (κ2) is 16.0. The van der Waals surface area contributed by atoms with Crippen molar-refractivity contribution in [3.8, 4) is 11.8 Å². The zero-order valence-electron chi connectivity index (χ0n) is 19.7. The van der Waals surface area contributed by atoms with E-state index in [0.29, 0.717) is 25.1 Å². The molecule has 1 unspecified atom stereocenters.